The lowest BCUT2D eigenvalue weighted by Crippen LogP contribution is -2.46. The largest absolute Gasteiger partial charge is 0.481 e. The van der Waals surface area contributed by atoms with Crippen molar-refractivity contribution in [3.05, 3.63) is 0 Å². The molecule has 6 heteroatoms. The van der Waals surface area contributed by atoms with E-state index in [4.69, 9.17) is 5.11 Å². The molecule has 0 bridgehead atoms. The highest BCUT2D eigenvalue weighted by Crippen LogP contribution is 2.17. The molecule has 108 valence electrons. The summed E-state index contributed by atoms with van der Waals surface area (Å²) in [7, 11) is 2.10. The van der Waals surface area contributed by atoms with Crippen molar-refractivity contribution in [2.45, 2.75) is 19.3 Å². The number of hydrogen-bond acceptors (Lipinski definition) is 3. The van der Waals surface area contributed by atoms with E-state index in [1.165, 1.54) is 0 Å². The minimum atomic E-state index is -0.742. The molecule has 2 rings (SSSR count). The van der Waals surface area contributed by atoms with Gasteiger partial charge in [-0.2, -0.15) is 0 Å². The van der Waals surface area contributed by atoms with Gasteiger partial charge in [-0.05, 0) is 38.8 Å². The van der Waals surface area contributed by atoms with E-state index in [1.54, 1.807) is 4.90 Å². The summed E-state index contributed by atoms with van der Waals surface area (Å²) in [6.45, 7) is 3.97. The zero-order chi connectivity index (χ0) is 13.8. The molecule has 2 aliphatic heterocycles. The minimum Gasteiger partial charge on any atom is -0.481 e. The zero-order valence-corrected chi connectivity index (χ0v) is 11.5. The lowest BCUT2D eigenvalue weighted by molar-refractivity contribution is -0.143. The molecule has 2 N–H and O–H groups in total. The first-order valence-electron chi connectivity index (χ1n) is 7.00. The van der Waals surface area contributed by atoms with Gasteiger partial charge in [-0.1, -0.05) is 0 Å². The number of amides is 2. The summed E-state index contributed by atoms with van der Waals surface area (Å²) < 4.78 is 0. The van der Waals surface area contributed by atoms with Crippen molar-refractivity contribution in [1.82, 2.24) is 15.1 Å². The van der Waals surface area contributed by atoms with E-state index in [0.717, 1.165) is 26.1 Å². The average Bonchev–Trinajstić information content (AvgIpc) is 2.82. The molecule has 2 amide bonds. The number of rotatable bonds is 3. The van der Waals surface area contributed by atoms with Crippen molar-refractivity contribution < 1.29 is 14.7 Å². The summed E-state index contributed by atoms with van der Waals surface area (Å²) >= 11 is 0. The highest BCUT2D eigenvalue weighted by molar-refractivity contribution is 5.75. The van der Waals surface area contributed by atoms with E-state index in [2.05, 4.69) is 17.3 Å². The molecule has 2 fully saturated rings. The molecule has 2 heterocycles. The second-order valence-electron chi connectivity index (χ2n) is 5.70. The summed E-state index contributed by atoms with van der Waals surface area (Å²) in [5.74, 6) is -0.480. The van der Waals surface area contributed by atoms with E-state index < -0.39 is 5.97 Å². The standard InChI is InChI=1S/C13H23N3O3/c1-15-5-2-10(9-15)8-14-13(19)16-6-3-11(4-7-16)12(17)18/h10-11H,2-9H2,1H3,(H,14,19)(H,17,18). The molecular formula is C13H23N3O3. The Kier molecular flexibility index (Phi) is 4.63. The quantitative estimate of drug-likeness (QED) is 0.780. The predicted molar refractivity (Wildman–Crippen MR) is 70.9 cm³/mol. The number of carbonyl (C=O) groups is 2. The molecule has 0 spiro atoms. The topological polar surface area (TPSA) is 72.9 Å². The maximum Gasteiger partial charge on any atom is 0.317 e. The molecule has 1 unspecified atom stereocenters. The van der Waals surface area contributed by atoms with Gasteiger partial charge < -0.3 is 20.2 Å². The number of piperidine rings is 1. The first-order chi connectivity index (χ1) is 9.06. The third-order valence-electron chi connectivity index (χ3n) is 4.16. The highest BCUT2D eigenvalue weighted by Gasteiger charge is 2.27. The Labute approximate surface area is 113 Å². The van der Waals surface area contributed by atoms with Crippen LogP contribution in [0.15, 0.2) is 0 Å². The Balaban J connectivity index is 1.68. The van der Waals surface area contributed by atoms with Gasteiger partial charge in [0.15, 0.2) is 0 Å². The molecular weight excluding hydrogens is 246 g/mol. The van der Waals surface area contributed by atoms with Gasteiger partial charge in [0.25, 0.3) is 0 Å². The van der Waals surface area contributed by atoms with Crippen LogP contribution in [0.5, 0.6) is 0 Å². The number of nitrogens with zero attached hydrogens (tertiary/aromatic N) is 2. The van der Waals surface area contributed by atoms with Gasteiger partial charge in [0.05, 0.1) is 5.92 Å². The number of hydrogen-bond donors (Lipinski definition) is 2. The molecule has 2 aliphatic rings. The highest BCUT2D eigenvalue weighted by atomic mass is 16.4. The van der Waals surface area contributed by atoms with Gasteiger partial charge in [-0.15, -0.1) is 0 Å². The van der Waals surface area contributed by atoms with Crippen LogP contribution in [0.25, 0.3) is 0 Å². The van der Waals surface area contributed by atoms with E-state index in [1.807, 2.05) is 0 Å². The van der Waals surface area contributed by atoms with Crippen LogP contribution in [0, 0.1) is 11.8 Å². The van der Waals surface area contributed by atoms with Gasteiger partial charge in [0.2, 0.25) is 0 Å². The number of likely N-dealkylation sites (tertiary alicyclic amines) is 2. The smallest absolute Gasteiger partial charge is 0.317 e. The minimum absolute atomic E-state index is 0.0432. The molecule has 19 heavy (non-hydrogen) atoms. The summed E-state index contributed by atoms with van der Waals surface area (Å²) in [5, 5.41) is 11.9. The lowest BCUT2D eigenvalue weighted by Gasteiger charge is -2.30. The van der Waals surface area contributed by atoms with Crippen LogP contribution >= 0.6 is 0 Å². The molecule has 0 aromatic carbocycles. The first kappa shape index (κ1) is 14.1. The van der Waals surface area contributed by atoms with Crippen LogP contribution in [-0.2, 0) is 4.79 Å². The summed E-state index contributed by atoms with van der Waals surface area (Å²) in [6.07, 6.45) is 2.27. The summed E-state index contributed by atoms with van der Waals surface area (Å²) in [4.78, 5) is 26.8. The van der Waals surface area contributed by atoms with Crippen LogP contribution in [0.1, 0.15) is 19.3 Å². The van der Waals surface area contributed by atoms with Crippen molar-refractivity contribution in [3.8, 4) is 0 Å². The molecule has 0 aromatic rings. The number of carbonyl (C=O) groups excluding carboxylic acids is 1. The van der Waals surface area contributed by atoms with E-state index in [0.29, 0.717) is 31.8 Å². The summed E-state index contributed by atoms with van der Waals surface area (Å²) in [5.41, 5.74) is 0. The second kappa shape index (κ2) is 6.23. The Bertz CT molecular complexity index is 340. The van der Waals surface area contributed by atoms with Crippen molar-refractivity contribution in [2.75, 3.05) is 39.8 Å². The SMILES string of the molecule is CN1CCC(CNC(=O)N2CCC(C(=O)O)CC2)C1. The fourth-order valence-electron chi connectivity index (χ4n) is 2.87. The predicted octanol–water partition coefficient (Wildman–Crippen LogP) is 0.444. The third-order valence-corrected chi connectivity index (χ3v) is 4.16. The van der Waals surface area contributed by atoms with Crippen LogP contribution in [0.2, 0.25) is 0 Å². The fourth-order valence-corrected chi connectivity index (χ4v) is 2.87. The van der Waals surface area contributed by atoms with Crippen LogP contribution in [-0.4, -0.2) is 66.7 Å². The molecule has 6 nitrogen and oxygen atoms in total. The second-order valence-corrected chi connectivity index (χ2v) is 5.70. The lowest BCUT2D eigenvalue weighted by atomic mass is 9.97. The number of carboxylic acids is 1. The van der Waals surface area contributed by atoms with Crippen molar-refractivity contribution in [2.24, 2.45) is 11.8 Å². The normalized spacial score (nSPS) is 25.5. The van der Waals surface area contributed by atoms with E-state index in [9.17, 15) is 9.59 Å². The van der Waals surface area contributed by atoms with E-state index in [-0.39, 0.29) is 11.9 Å². The van der Waals surface area contributed by atoms with Crippen LogP contribution in [0.3, 0.4) is 0 Å². The maximum atomic E-state index is 12.0. The Morgan fingerprint density at radius 1 is 1.21 bits per heavy atom. The monoisotopic (exact) mass is 269 g/mol. The third kappa shape index (κ3) is 3.83. The molecule has 1 atom stereocenters. The van der Waals surface area contributed by atoms with Gasteiger partial charge in [-0.3, -0.25) is 4.79 Å². The molecule has 0 saturated carbocycles. The molecule has 0 aromatic heterocycles. The van der Waals surface area contributed by atoms with Gasteiger partial charge in [-0.25, -0.2) is 4.79 Å². The Hall–Kier alpha value is -1.30. The summed E-state index contributed by atoms with van der Waals surface area (Å²) in [6, 6.07) is -0.0432. The average molecular weight is 269 g/mol. The number of urea groups is 1. The van der Waals surface area contributed by atoms with E-state index >= 15 is 0 Å². The van der Waals surface area contributed by atoms with Crippen molar-refractivity contribution >= 4 is 12.0 Å². The molecule has 0 radical (unpaired) electrons. The van der Waals surface area contributed by atoms with Gasteiger partial charge in [0, 0.05) is 26.2 Å². The Morgan fingerprint density at radius 3 is 2.42 bits per heavy atom. The maximum absolute atomic E-state index is 12.0. The van der Waals surface area contributed by atoms with Gasteiger partial charge in [0.1, 0.15) is 0 Å². The first-order valence-corrected chi connectivity index (χ1v) is 7.00. The fraction of sp³-hybridized carbons (Fsp3) is 0.846. The molecule has 0 aliphatic carbocycles. The zero-order valence-electron chi connectivity index (χ0n) is 11.5. The number of aliphatic carboxylic acids is 1. The van der Waals surface area contributed by atoms with Crippen molar-refractivity contribution in [1.29, 1.82) is 0 Å². The van der Waals surface area contributed by atoms with Crippen LogP contribution < -0.4 is 5.32 Å². The number of nitrogens with one attached hydrogen (secondary N) is 1. The molecule has 2 saturated heterocycles. The van der Waals surface area contributed by atoms with Crippen LogP contribution in [0.4, 0.5) is 4.79 Å². The van der Waals surface area contributed by atoms with Crippen molar-refractivity contribution in [3.63, 3.8) is 0 Å². The van der Waals surface area contributed by atoms with Gasteiger partial charge >= 0.3 is 12.0 Å². The number of carboxylic acid groups (broad SMARTS) is 1. The Morgan fingerprint density at radius 2 is 1.89 bits per heavy atom.